The van der Waals surface area contributed by atoms with Gasteiger partial charge in [-0.1, -0.05) is 15.9 Å². The minimum Gasteiger partial charge on any atom is -0.398 e. The fourth-order valence-electron chi connectivity index (χ4n) is 0.797. The van der Waals surface area contributed by atoms with E-state index in [1.54, 1.807) is 13.3 Å². The third-order valence-electron chi connectivity index (χ3n) is 1.32. The first-order valence-corrected chi connectivity index (χ1v) is 4.00. The molecule has 0 heterocycles. The van der Waals surface area contributed by atoms with E-state index in [9.17, 15) is 0 Å². The van der Waals surface area contributed by atoms with Crippen LogP contribution >= 0.6 is 15.9 Å². The molecule has 11 heavy (non-hydrogen) atoms. The molecular formula is C8H9BrN2. The van der Waals surface area contributed by atoms with Crippen molar-refractivity contribution in [2.75, 3.05) is 12.8 Å². The Morgan fingerprint density at radius 2 is 2.27 bits per heavy atom. The largest absolute Gasteiger partial charge is 0.398 e. The maximum absolute atomic E-state index is 5.66. The van der Waals surface area contributed by atoms with Crippen molar-refractivity contribution in [3.05, 3.63) is 28.2 Å². The standard InChI is InChI=1S/C8H9BrN2/c1-11-5-6-4-7(9)2-3-8(6)10/h2-5H,10H2,1H3. The van der Waals surface area contributed by atoms with Crippen molar-refractivity contribution in [1.29, 1.82) is 0 Å². The van der Waals surface area contributed by atoms with Crippen LogP contribution in [0.25, 0.3) is 0 Å². The zero-order valence-corrected chi connectivity index (χ0v) is 7.80. The number of nitrogens with zero attached hydrogens (tertiary/aromatic N) is 1. The van der Waals surface area contributed by atoms with Crippen LogP contribution in [-0.4, -0.2) is 13.3 Å². The minimum absolute atomic E-state index is 0.749. The Morgan fingerprint density at radius 1 is 1.55 bits per heavy atom. The fraction of sp³-hybridized carbons (Fsp3) is 0.125. The van der Waals surface area contributed by atoms with Crippen LogP contribution in [0.2, 0.25) is 0 Å². The van der Waals surface area contributed by atoms with Gasteiger partial charge in [-0.25, -0.2) is 0 Å². The van der Waals surface area contributed by atoms with E-state index in [1.807, 2.05) is 18.2 Å². The van der Waals surface area contributed by atoms with E-state index in [4.69, 9.17) is 5.73 Å². The van der Waals surface area contributed by atoms with Crippen molar-refractivity contribution >= 4 is 27.8 Å². The number of benzene rings is 1. The summed E-state index contributed by atoms with van der Waals surface area (Å²) in [6.07, 6.45) is 1.74. The predicted molar refractivity (Wildman–Crippen MR) is 52.1 cm³/mol. The highest BCUT2D eigenvalue weighted by Gasteiger charge is 1.94. The number of halogens is 1. The molecule has 0 aliphatic carbocycles. The topological polar surface area (TPSA) is 38.4 Å². The molecule has 0 amide bonds. The van der Waals surface area contributed by atoms with Crippen molar-refractivity contribution < 1.29 is 0 Å². The highest BCUT2D eigenvalue weighted by Crippen LogP contribution is 2.16. The lowest BCUT2D eigenvalue weighted by Gasteiger charge is -1.98. The summed E-state index contributed by atoms with van der Waals surface area (Å²) in [5.74, 6) is 0. The summed E-state index contributed by atoms with van der Waals surface area (Å²) in [6.45, 7) is 0. The van der Waals surface area contributed by atoms with Crippen LogP contribution in [0, 0.1) is 0 Å². The van der Waals surface area contributed by atoms with E-state index in [-0.39, 0.29) is 0 Å². The third kappa shape index (κ3) is 2.05. The second kappa shape index (κ2) is 3.53. The first kappa shape index (κ1) is 8.27. The van der Waals surface area contributed by atoms with Crippen LogP contribution in [0.15, 0.2) is 27.7 Å². The average Bonchev–Trinajstić information content (AvgIpc) is 1.98. The lowest BCUT2D eigenvalue weighted by Crippen LogP contribution is -1.92. The van der Waals surface area contributed by atoms with Gasteiger partial charge in [0.1, 0.15) is 0 Å². The predicted octanol–water partition coefficient (Wildman–Crippen LogP) is 2.08. The van der Waals surface area contributed by atoms with Crippen LogP contribution in [-0.2, 0) is 0 Å². The van der Waals surface area contributed by atoms with Gasteiger partial charge in [0.25, 0.3) is 0 Å². The molecule has 0 atom stereocenters. The molecule has 0 aliphatic rings. The second-order valence-electron chi connectivity index (χ2n) is 2.16. The summed E-state index contributed by atoms with van der Waals surface area (Å²) in [4.78, 5) is 3.88. The molecule has 1 aromatic rings. The molecule has 0 aromatic heterocycles. The smallest absolute Gasteiger partial charge is 0.0403 e. The molecule has 0 fully saturated rings. The molecule has 0 radical (unpaired) electrons. The molecule has 0 saturated carbocycles. The van der Waals surface area contributed by atoms with Gasteiger partial charge in [0.15, 0.2) is 0 Å². The van der Waals surface area contributed by atoms with Gasteiger partial charge in [0.2, 0.25) is 0 Å². The Kier molecular flexibility index (Phi) is 2.65. The van der Waals surface area contributed by atoms with Gasteiger partial charge in [-0.3, -0.25) is 4.99 Å². The Labute approximate surface area is 74.3 Å². The van der Waals surface area contributed by atoms with E-state index in [0.29, 0.717) is 0 Å². The quantitative estimate of drug-likeness (QED) is 0.562. The summed E-state index contributed by atoms with van der Waals surface area (Å²) >= 11 is 3.35. The summed E-state index contributed by atoms with van der Waals surface area (Å²) in [5.41, 5.74) is 7.36. The molecule has 1 aromatic carbocycles. The van der Waals surface area contributed by atoms with Crippen LogP contribution in [0.5, 0.6) is 0 Å². The van der Waals surface area contributed by atoms with Gasteiger partial charge in [-0.05, 0) is 18.2 Å². The molecule has 2 nitrogen and oxygen atoms in total. The summed E-state index contributed by atoms with van der Waals surface area (Å²) in [7, 11) is 1.72. The summed E-state index contributed by atoms with van der Waals surface area (Å²) in [6, 6.07) is 5.69. The van der Waals surface area contributed by atoms with E-state index in [0.717, 1.165) is 15.7 Å². The number of hydrogen-bond donors (Lipinski definition) is 1. The molecule has 2 N–H and O–H groups in total. The first-order valence-electron chi connectivity index (χ1n) is 3.21. The normalized spacial score (nSPS) is 10.7. The molecule has 0 aliphatic heterocycles. The van der Waals surface area contributed by atoms with Crippen LogP contribution < -0.4 is 5.73 Å². The van der Waals surface area contributed by atoms with Crippen LogP contribution in [0.4, 0.5) is 5.69 Å². The molecule has 0 saturated heterocycles. The van der Waals surface area contributed by atoms with Gasteiger partial charge in [0.05, 0.1) is 0 Å². The summed E-state index contributed by atoms with van der Waals surface area (Å²) in [5, 5.41) is 0. The van der Waals surface area contributed by atoms with E-state index in [2.05, 4.69) is 20.9 Å². The Balaban J connectivity index is 3.12. The van der Waals surface area contributed by atoms with E-state index >= 15 is 0 Å². The second-order valence-corrected chi connectivity index (χ2v) is 3.08. The lowest BCUT2D eigenvalue weighted by molar-refractivity contribution is 1.46. The third-order valence-corrected chi connectivity index (χ3v) is 1.81. The van der Waals surface area contributed by atoms with Crippen molar-refractivity contribution in [3.8, 4) is 0 Å². The van der Waals surface area contributed by atoms with E-state index in [1.165, 1.54) is 0 Å². The maximum Gasteiger partial charge on any atom is 0.0403 e. The number of hydrogen-bond acceptors (Lipinski definition) is 2. The Hall–Kier alpha value is -0.830. The zero-order chi connectivity index (χ0) is 8.27. The van der Waals surface area contributed by atoms with Crippen molar-refractivity contribution in [2.24, 2.45) is 4.99 Å². The van der Waals surface area contributed by atoms with Crippen molar-refractivity contribution in [1.82, 2.24) is 0 Å². The minimum atomic E-state index is 0.749. The van der Waals surface area contributed by atoms with Gasteiger partial charge in [-0.2, -0.15) is 0 Å². The summed E-state index contributed by atoms with van der Waals surface area (Å²) < 4.78 is 1.02. The molecule has 0 unspecified atom stereocenters. The number of nitrogen functional groups attached to an aromatic ring is 1. The fourth-order valence-corrected chi connectivity index (χ4v) is 1.18. The molecule has 58 valence electrons. The molecule has 3 heteroatoms. The highest BCUT2D eigenvalue weighted by molar-refractivity contribution is 9.10. The van der Waals surface area contributed by atoms with Gasteiger partial charge in [0, 0.05) is 29.0 Å². The van der Waals surface area contributed by atoms with Crippen LogP contribution in [0.1, 0.15) is 5.56 Å². The van der Waals surface area contributed by atoms with Crippen molar-refractivity contribution in [2.45, 2.75) is 0 Å². The zero-order valence-electron chi connectivity index (χ0n) is 6.21. The molecule has 1 rings (SSSR count). The number of anilines is 1. The van der Waals surface area contributed by atoms with Gasteiger partial charge >= 0.3 is 0 Å². The monoisotopic (exact) mass is 212 g/mol. The van der Waals surface area contributed by atoms with E-state index < -0.39 is 0 Å². The van der Waals surface area contributed by atoms with Gasteiger partial charge < -0.3 is 5.73 Å². The SMILES string of the molecule is CN=Cc1cc(Br)ccc1N. The van der Waals surface area contributed by atoms with Gasteiger partial charge in [-0.15, -0.1) is 0 Å². The molecular weight excluding hydrogens is 204 g/mol. The first-order chi connectivity index (χ1) is 5.24. The highest BCUT2D eigenvalue weighted by atomic mass is 79.9. The maximum atomic E-state index is 5.66. The number of nitrogens with two attached hydrogens (primary N) is 1. The number of rotatable bonds is 1. The Morgan fingerprint density at radius 3 is 2.91 bits per heavy atom. The lowest BCUT2D eigenvalue weighted by atomic mass is 10.2. The Bertz CT molecular complexity index is 281. The van der Waals surface area contributed by atoms with Crippen molar-refractivity contribution in [3.63, 3.8) is 0 Å². The number of aliphatic imine (C=N–C) groups is 1. The molecule has 0 bridgehead atoms. The average molecular weight is 213 g/mol. The molecule has 0 spiro atoms. The van der Waals surface area contributed by atoms with Crippen LogP contribution in [0.3, 0.4) is 0 Å².